The number of amides is 2. The number of nitrogens with zero attached hydrogens (tertiary/aromatic N) is 2. The smallest absolute Gasteiger partial charge is 0.276 e. The second-order valence-corrected chi connectivity index (χ2v) is 8.01. The fourth-order valence-corrected chi connectivity index (χ4v) is 3.79. The Labute approximate surface area is 208 Å². The normalized spacial score (nSPS) is 11.4. The highest BCUT2D eigenvalue weighted by molar-refractivity contribution is 6.56. The van der Waals surface area contributed by atoms with E-state index in [0.29, 0.717) is 22.7 Å². The van der Waals surface area contributed by atoms with Crippen molar-refractivity contribution < 1.29 is 9.59 Å². The number of para-hydroxylation sites is 4. The van der Waals surface area contributed by atoms with Crippen LogP contribution in [-0.2, 0) is 9.59 Å². The van der Waals surface area contributed by atoms with Crippen LogP contribution in [0.4, 0.5) is 22.7 Å². The van der Waals surface area contributed by atoms with E-state index in [1.165, 1.54) is 9.80 Å². The predicted molar refractivity (Wildman–Crippen MR) is 139 cm³/mol. The molecule has 0 bridgehead atoms. The molecule has 0 aromatic heterocycles. The van der Waals surface area contributed by atoms with Gasteiger partial charge in [-0.25, -0.2) is 0 Å². The lowest BCUT2D eigenvalue weighted by Gasteiger charge is -2.25. The minimum Gasteiger partial charge on any atom is -0.276 e. The van der Waals surface area contributed by atoms with Crippen LogP contribution in [0.2, 0.25) is 0 Å². The number of halogens is 2. The van der Waals surface area contributed by atoms with E-state index in [-0.39, 0.29) is 10.1 Å². The molecule has 4 rings (SSSR count). The molecule has 0 spiro atoms. The van der Waals surface area contributed by atoms with Gasteiger partial charge >= 0.3 is 0 Å². The molecule has 0 N–H and O–H groups in total. The zero-order valence-electron chi connectivity index (χ0n) is 18.0. The van der Waals surface area contributed by atoms with Gasteiger partial charge in [0.2, 0.25) is 0 Å². The maximum atomic E-state index is 13.6. The molecule has 0 aliphatic carbocycles. The van der Waals surface area contributed by atoms with E-state index in [2.05, 4.69) is 0 Å². The Bertz CT molecular complexity index is 1110. The Kier molecular flexibility index (Phi) is 7.43. The Hall–Kier alpha value is -3.86. The Morgan fingerprint density at radius 3 is 0.824 bits per heavy atom. The molecule has 0 fully saturated rings. The molecule has 0 saturated heterocycles. The monoisotopic (exact) mass is 486 g/mol. The topological polar surface area (TPSA) is 40.6 Å². The first-order chi connectivity index (χ1) is 16.6. The lowest BCUT2D eigenvalue weighted by Crippen LogP contribution is -2.30. The van der Waals surface area contributed by atoms with Crippen molar-refractivity contribution >= 4 is 57.8 Å². The predicted octanol–water partition coefficient (Wildman–Crippen LogP) is 7.41. The Balaban J connectivity index is 1.76. The van der Waals surface area contributed by atoms with Gasteiger partial charge in [-0.2, -0.15) is 0 Å². The molecule has 0 aliphatic heterocycles. The van der Waals surface area contributed by atoms with Gasteiger partial charge in [0, 0.05) is 22.7 Å². The van der Waals surface area contributed by atoms with Crippen molar-refractivity contribution in [3.05, 3.63) is 131 Å². The van der Waals surface area contributed by atoms with Crippen molar-refractivity contribution in [3.8, 4) is 0 Å². The number of hydrogen-bond donors (Lipinski definition) is 0. The highest BCUT2D eigenvalue weighted by Crippen LogP contribution is 2.32. The number of anilines is 4. The third-order valence-electron chi connectivity index (χ3n) is 5.03. The zero-order chi connectivity index (χ0) is 23.9. The van der Waals surface area contributed by atoms with Gasteiger partial charge in [0.15, 0.2) is 0 Å². The van der Waals surface area contributed by atoms with Crippen LogP contribution in [0.1, 0.15) is 0 Å². The molecule has 0 saturated carbocycles. The van der Waals surface area contributed by atoms with Gasteiger partial charge in [-0.3, -0.25) is 19.4 Å². The summed E-state index contributed by atoms with van der Waals surface area (Å²) < 4.78 is 0. The fourth-order valence-electron chi connectivity index (χ4n) is 3.46. The Morgan fingerprint density at radius 1 is 0.412 bits per heavy atom. The molecule has 4 aromatic rings. The van der Waals surface area contributed by atoms with Crippen molar-refractivity contribution in [1.82, 2.24) is 0 Å². The first-order valence-corrected chi connectivity index (χ1v) is 11.3. The van der Waals surface area contributed by atoms with Gasteiger partial charge in [0.25, 0.3) is 11.8 Å². The van der Waals surface area contributed by atoms with Crippen LogP contribution >= 0.6 is 23.2 Å². The van der Waals surface area contributed by atoms with E-state index in [9.17, 15) is 9.59 Å². The first-order valence-electron chi connectivity index (χ1n) is 10.5. The number of hydrogen-bond acceptors (Lipinski definition) is 2. The van der Waals surface area contributed by atoms with E-state index < -0.39 is 11.8 Å². The van der Waals surface area contributed by atoms with Crippen LogP contribution in [0, 0.1) is 0 Å². The molecule has 34 heavy (non-hydrogen) atoms. The second-order valence-electron chi connectivity index (χ2n) is 7.25. The number of carbonyl (C=O) groups excluding carboxylic acids is 2. The van der Waals surface area contributed by atoms with Crippen molar-refractivity contribution in [1.29, 1.82) is 0 Å². The molecule has 0 aliphatic rings. The van der Waals surface area contributed by atoms with E-state index in [1.807, 2.05) is 72.8 Å². The van der Waals surface area contributed by atoms with Gasteiger partial charge < -0.3 is 0 Å². The van der Waals surface area contributed by atoms with Gasteiger partial charge in [0.1, 0.15) is 10.1 Å². The zero-order valence-corrected chi connectivity index (χ0v) is 19.5. The molecule has 2 amide bonds. The van der Waals surface area contributed by atoms with Crippen LogP contribution < -0.4 is 9.80 Å². The Morgan fingerprint density at radius 2 is 0.618 bits per heavy atom. The van der Waals surface area contributed by atoms with Crippen molar-refractivity contribution in [2.24, 2.45) is 0 Å². The molecule has 0 unspecified atom stereocenters. The summed E-state index contributed by atoms with van der Waals surface area (Å²) in [5.41, 5.74) is 2.38. The summed E-state index contributed by atoms with van der Waals surface area (Å²) in [6.07, 6.45) is 0. The minimum absolute atomic E-state index is 0.378. The molecule has 168 valence electrons. The average molecular weight is 487 g/mol. The molecule has 0 radical (unpaired) electrons. The molecule has 6 heteroatoms. The third-order valence-corrected chi connectivity index (χ3v) is 5.83. The summed E-state index contributed by atoms with van der Waals surface area (Å²) in [6.45, 7) is 0. The summed E-state index contributed by atoms with van der Waals surface area (Å²) in [4.78, 5) is 30.0. The van der Waals surface area contributed by atoms with Crippen LogP contribution in [0.15, 0.2) is 131 Å². The van der Waals surface area contributed by atoms with Gasteiger partial charge in [-0.15, -0.1) is 0 Å². The number of rotatable bonds is 6. The van der Waals surface area contributed by atoms with Crippen LogP contribution in [-0.4, -0.2) is 11.8 Å². The van der Waals surface area contributed by atoms with Crippen molar-refractivity contribution in [3.63, 3.8) is 0 Å². The van der Waals surface area contributed by atoms with Crippen LogP contribution in [0.3, 0.4) is 0 Å². The number of benzene rings is 4. The van der Waals surface area contributed by atoms with E-state index in [0.717, 1.165) is 0 Å². The first kappa shape index (κ1) is 23.3. The van der Waals surface area contributed by atoms with E-state index in [4.69, 9.17) is 23.2 Å². The molecule has 4 aromatic carbocycles. The minimum atomic E-state index is -0.613. The summed E-state index contributed by atoms with van der Waals surface area (Å²) >= 11 is 13.0. The lowest BCUT2D eigenvalue weighted by molar-refractivity contribution is -0.116. The highest BCUT2D eigenvalue weighted by Gasteiger charge is 2.29. The summed E-state index contributed by atoms with van der Waals surface area (Å²) in [5, 5.41) is -0.757. The maximum Gasteiger partial charge on any atom is 0.276 e. The quantitative estimate of drug-likeness (QED) is 0.266. The van der Waals surface area contributed by atoms with E-state index >= 15 is 0 Å². The fraction of sp³-hybridized carbons (Fsp3) is 0. The van der Waals surface area contributed by atoms with E-state index in [1.54, 1.807) is 48.5 Å². The van der Waals surface area contributed by atoms with Crippen LogP contribution in [0.5, 0.6) is 0 Å². The molecular weight excluding hydrogens is 467 g/mol. The standard InChI is InChI=1S/C28H20Cl2N2O2/c29-25(27(33)31(21-13-5-1-6-14-21)22-15-7-2-8-16-22)26(30)28(34)32(23-17-9-3-10-18-23)24-19-11-4-12-20-24/h1-20H. The third kappa shape index (κ3) is 5.04. The molecule has 0 heterocycles. The van der Waals surface area contributed by atoms with Gasteiger partial charge in [-0.1, -0.05) is 96.0 Å². The maximum absolute atomic E-state index is 13.6. The van der Waals surface area contributed by atoms with Crippen molar-refractivity contribution in [2.75, 3.05) is 9.80 Å². The van der Waals surface area contributed by atoms with Crippen molar-refractivity contribution in [2.45, 2.75) is 0 Å². The molecule has 0 atom stereocenters. The van der Waals surface area contributed by atoms with Gasteiger partial charge in [-0.05, 0) is 48.5 Å². The second kappa shape index (κ2) is 10.8. The molecular formula is C28H20Cl2N2O2. The van der Waals surface area contributed by atoms with Crippen LogP contribution in [0.25, 0.3) is 0 Å². The summed E-state index contributed by atoms with van der Waals surface area (Å²) in [7, 11) is 0. The summed E-state index contributed by atoms with van der Waals surface area (Å²) in [6, 6.07) is 36.2. The molecule has 4 nitrogen and oxygen atoms in total. The lowest BCUT2D eigenvalue weighted by atomic mass is 10.2. The SMILES string of the molecule is O=C(C(Cl)=C(Cl)C(=O)N(c1ccccc1)c1ccccc1)N(c1ccccc1)c1ccccc1. The average Bonchev–Trinajstić information content (AvgIpc) is 2.90. The highest BCUT2D eigenvalue weighted by atomic mass is 35.5. The van der Waals surface area contributed by atoms with Gasteiger partial charge in [0.05, 0.1) is 0 Å². The number of carbonyl (C=O) groups is 2. The summed E-state index contributed by atoms with van der Waals surface area (Å²) in [5.74, 6) is -1.23. The largest absolute Gasteiger partial charge is 0.276 e.